The van der Waals surface area contributed by atoms with Gasteiger partial charge >= 0.3 is 0 Å². The molecule has 2 aromatic carbocycles. The summed E-state index contributed by atoms with van der Waals surface area (Å²) in [6.45, 7) is 4.82. The predicted octanol–water partition coefficient (Wildman–Crippen LogP) is 2.19. The molecule has 0 saturated carbocycles. The Morgan fingerprint density at radius 1 is 0.867 bits per heavy atom. The number of hydrogen-bond donors (Lipinski definition) is 0. The Balaban J connectivity index is 1.25. The van der Waals surface area contributed by atoms with Crippen molar-refractivity contribution in [2.45, 2.75) is 6.54 Å². The minimum atomic E-state index is 0.503. The third-order valence-corrected chi connectivity index (χ3v) is 5.33. The molecular formula is C21H22N8O. The van der Waals surface area contributed by atoms with E-state index in [0.717, 1.165) is 42.9 Å². The summed E-state index contributed by atoms with van der Waals surface area (Å²) in [6.07, 6.45) is 1.32. The van der Waals surface area contributed by atoms with Crippen LogP contribution in [-0.4, -0.2) is 68.5 Å². The van der Waals surface area contributed by atoms with Crippen LogP contribution in [0.2, 0.25) is 0 Å². The van der Waals surface area contributed by atoms with E-state index in [1.165, 1.54) is 12.1 Å². The number of benzene rings is 2. The normalized spacial score (nSPS) is 14.9. The summed E-state index contributed by atoms with van der Waals surface area (Å²) in [7, 11) is 2.16. The maximum Gasteiger partial charge on any atom is 0.247 e. The summed E-state index contributed by atoms with van der Waals surface area (Å²) in [5.41, 5.74) is 4.14. The first-order valence-electron chi connectivity index (χ1n) is 9.92. The van der Waals surface area contributed by atoms with E-state index >= 15 is 0 Å². The first-order chi connectivity index (χ1) is 14.7. The molecule has 2 aromatic heterocycles. The number of likely N-dealkylation sites (N-methyl/N-ethyl adjacent to an activating group) is 1. The second kappa shape index (κ2) is 8.03. The van der Waals surface area contributed by atoms with Gasteiger partial charge in [0.1, 0.15) is 0 Å². The molecule has 0 unspecified atom stereocenters. The molecule has 1 saturated heterocycles. The van der Waals surface area contributed by atoms with Crippen LogP contribution in [0.1, 0.15) is 5.56 Å². The largest absolute Gasteiger partial charge is 0.423 e. The molecule has 0 amide bonds. The van der Waals surface area contributed by atoms with Crippen LogP contribution in [0.4, 0.5) is 5.69 Å². The topological polar surface area (TPSA) is 89.0 Å². The average Bonchev–Trinajstić information content (AvgIpc) is 3.48. The molecule has 0 N–H and O–H groups in total. The van der Waals surface area contributed by atoms with Crippen LogP contribution in [0.3, 0.4) is 0 Å². The lowest BCUT2D eigenvalue weighted by Crippen LogP contribution is -2.44. The van der Waals surface area contributed by atoms with Crippen molar-refractivity contribution in [1.29, 1.82) is 0 Å². The molecule has 1 aliphatic heterocycles. The molecule has 0 aliphatic carbocycles. The quantitative estimate of drug-likeness (QED) is 0.502. The Bertz CT molecular complexity index is 1080. The monoisotopic (exact) mass is 402 g/mol. The van der Waals surface area contributed by atoms with Crippen LogP contribution in [0.5, 0.6) is 0 Å². The smallest absolute Gasteiger partial charge is 0.247 e. The van der Waals surface area contributed by atoms with Crippen LogP contribution in [0, 0.1) is 0 Å². The van der Waals surface area contributed by atoms with E-state index in [2.05, 4.69) is 66.7 Å². The molecule has 30 heavy (non-hydrogen) atoms. The van der Waals surface area contributed by atoms with Crippen molar-refractivity contribution >= 4 is 5.69 Å². The zero-order valence-corrected chi connectivity index (χ0v) is 16.7. The highest BCUT2D eigenvalue weighted by Crippen LogP contribution is 2.21. The molecule has 9 heteroatoms. The van der Waals surface area contributed by atoms with Crippen molar-refractivity contribution in [3.8, 4) is 22.8 Å². The molecule has 0 spiro atoms. The van der Waals surface area contributed by atoms with E-state index in [0.29, 0.717) is 18.3 Å². The van der Waals surface area contributed by atoms with E-state index in [4.69, 9.17) is 4.42 Å². The van der Waals surface area contributed by atoms with Crippen molar-refractivity contribution in [2.24, 2.45) is 0 Å². The highest BCUT2D eigenvalue weighted by molar-refractivity contribution is 5.60. The maximum atomic E-state index is 5.21. The number of nitrogens with zero attached hydrogens (tertiary/aromatic N) is 8. The Morgan fingerprint density at radius 2 is 1.60 bits per heavy atom. The van der Waals surface area contributed by atoms with Gasteiger partial charge in [0.15, 0.2) is 0 Å². The zero-order chi connectivity index (χ0) is 20.3. The molecule has 0 atom stereocenters. The number of piperazine rings is 1. The van der Waals surface area contributed by atoms with Gasteiger partial charge in [-0.05, 0) is 54.2 Å². The molecule has 1 aliphatic rings. The van der Waals surface area contributed by atoms with Gasteiger partial charge in [-0.15, -0.1) is 20.4 Å². The third-order valence-electron chi connectivity index (χ3n) is 5.33. The lowest BCUT2D eigenvalue weighted by atomic mass is 10.1. The minimum Gasteiger partial charge on any atom is -0.423 e. The first-order valence-corrected chi connectivity index (χ1v) is 9.92. The van der Waals surface area contributed by atoms with Gasteiger partial charge in [-0.2, -0.15) is 4.80 Å². The highest BCUT2D eigenvalue weighted by Gasteiger charge is 2.15. The van der Waals surface area contributed by atoms with Gasteiger partial charge in [-0.3, -0.25) is 0 Å². The van der Waals surface area contributed by atoms with Crippen LogP contribution in [-0.2, 0) is 6.54 Å². The van der Waals surface area contributed by atoms with Crippen molar-refractivity contribution in [2.75, 3.05) is 38.1 Å². The Morgan fingerprint density at radius 3 is 2.30 bits per heavy atom. The molecular weight excluding hydrogens is 380 g/mol. The summed E-state index contributed by atoms with van der Waals surface area (Å²) >= 11 is 0. The van der Waals surface area contributed by atoms with Crippen LogP contribution in [0.15, 0.2) is 59.3 Å². The van der Waals surface area contributed by atoms with E-state index in [1.807, 2.05) is 24.3 Å². The van der Waals surface area contributed by atoms with Gasteiger partial charge in [0.25, 0.3) is 0 Å². The fourth-order valence-corrected chi connectivity index (χ4v) is 3.53. The summed E-state index contributed by atoms with van der Waals surface area (Å²) in [4.78, 5) is 6.36. The van der Waals surface area contributed by atoms with Crippen LogP contribution < -0.4 is 4.90 Å². The number of anilines is 1. The summed E-state index contributed by atoms with van der Waals surface area (Å²) in [5.74, 6) is 1.13. The van der Waals surface area contributed by atoms with Crippen molar-refractivity contribution in [3.05, 3.63) is 60.5 Å². The molecule has 1 fully saturated rings. The van der Waals surface area contributed by atoms with Gasteiger partial charge in [-0.1, -0.05) is 12.1 Å². The standard InChI is InChI=1S/C21H22N8O/c1-27-10-12-28(13-11-27)19-8-6-17(7-9-19)20-23-26-29(25-20)14-16-2-4-18(5-3-16)21-24-22-15-30-21/h2-9,15H,10-14H2,1H3. The molecule has 5 rings (SSSR count). The fraction of sp³-hybridized carbons (Fsp3) is 0.286. The number of tetrazole rings is 1. The lowest BCUT2D eigenvalue weighted by Gasteiger charge is -2.34. The molecule has 0 bridgehead atoms. The molecule has 9 nitrogen and oxygen atoms in total. The number of hydrogen-bond acceptors (Lipinski definition) is 8. The van der Waals surface area contributed by atoms with E-state index in [1.54, 1.807) is 4.80 Å². The SMILES string of the molecule is CN1CCN(c2ccc(-c3nnn(Cc4ccc(-c5nnco5)cc4)n3)cc2)CC1. The minimum absolute atomic E-state index is 0.503. The van der Waals surface area contributed by atoms with Crippen molar-refractivity contribution < 1.29 is 4.42 Å². The Labute approximate surface area is 173 Å². The van der Waals surface area contributed by atoms with Crippen molar-refractivity contribution in [1.82, 2.24) is 35.3 Å². The van der Waals surface area contributed by atoms with Gasteiger partial charge in [0, 0.05) is 43.0 Å². The molecule has 0 radical (unpaired) electrons. The first kappa shape index (κ1) is 18.4. The van der Waals surface area contributed by atoms with Gasteiger partial charge in [-0.25, -0.2) is 0 Å². The van der Waals surface area contributed by atoms with E-state index < -0.39 is 0 Å². The highest BCUT2D eigenvalue weighted by atomic mass is 16.4. The Kier molecular flexibility index (Phi) is 4.94. The van der Waals surface area contributed by atoms with E-state index in [-0.39, 0.29) is 0 Å². The van der Waals surface area contributed by atoms with Gasteiger partial charge in [0.05, 0.1) is 6.54 Å². The number of aromatic nitrogens is 6. The average molecular weight is 402 g/mol. The predicted molar refractivity (Wildman–Crippen MR) is 112 cm³/mol. The van der Waals surface area contributed by atoms with Crippen LogP contribution in [0.25, 0.3) is 22.8 Å². The van der Waals surface area contributed by atoms with E-state index in [9.17, 15) is 0 Å². The molecule has 4 aromatic rings. The fourth-order valence-electron chi connectivity index (χ4n) is 3.53. The third kappa shape index (κ3) is 3.92. The summed E-state index contributed by atoms with van der Waals surface area (Å²) < 4.78 is 5.21. The van der Waals surface area contributed by atoms with Crippen molar-refractivity contribution in [3.63, 3.8) is 0 Å². The second-order valence-corrected chi connectivity index (χ2v) is 7.42. The van der Waals surface area contributed by atoms with Crippen LogP contribution >= 0.6 is 0 Å². The Hall–Kier alpha value is -3.59. The lowest BCUT2D eigenvalue weighted by molar-refractivity contribution is 0.313. The number of rotatable bonds is 5. The molecule has 3 heterocycles. The maximum absolute atomic E-state index is 5.21. The van der Waals surface area contributed by atoms with Gasteiger partial charge < -0.3 is 14.2 Å². The zero-order valence-electron chi connectivity index (χ0n) is 16.7. The molecule has 152 valence electrons. The summed E-state index contributed by atoms with van der Waals surface area (Å²) in [6, 6.07) is 16.3. The second-order valence-electron chi connectivity index (χ2n) is 7.42. The summed E-state index contributed by atoms with van der Waals surface area (Å²) in [5, 5.41) is 20.6. The van der Waals surface area contributed by atoms with Gasteiger partial charge in [0.2, 0.25) is 18.1 Å².